The molecule has 0 aliphatic heterocycles. The molecule has 0 rings (SSSR count). The van der Waals surface area contributed by atoms with Crippen LogP contribution in [-0.2, 0) is 23.9 Å². The van der Waals surface area contributed by atoms with Crippen LogP contribution in [-0.4, -0.2) is 36.5 Å². The van der Waals surface area contributed by atoms with Gasteiger partial charge >= 0.3 is 11.9 Å². The van der Waals surface area contributed by atoms with E-state index in [1.165, 1.54) is 0 Å². The monoisotopic (exact) mass is 216 g/mol. The zero-order valence-corrected chi connectivity index (χ0v) is 8.48. The van der Waals surface area contributed by atoms with E-state index in [4.69, 9.17) is 5.11 Å². The highest BCUT2D eigenvalue weighted by Crippen LogP contribution is 1.96. The molecular formula is C9H12O6. The van der Waals surface area contributed by atoms with Gasteiger partial charge in [-0.15, -0.1) is 0 Å². The zero-order valence-electron chi connectivity index (χ0n) is 8.48. The number of hydrogen-bond donors (Lipinski definition) is 1. The van der Waals surface area contributed by atoms with Crippen LogP contribution >= 0.6 is 0 Å². The van der Waals surface area contributed by atoms with Crippen molar-refractivity contribution in [2.45, 2.75) is 13.3 Å². The van der Waals surface area contributed by atoms with E-state index >= 15 is 0 Å². The van der Waals surface area contributed by atoms with Gasteiger partial charge in [0.05, 0.1) is 13.7 Å². The second kappa shape index (κ2) is 6.58. The van der Waals surface area contributed by atoms with Gasteiger partial charge in [-0.2, -0.15) is 0 Å². The minimum absolute atomic E-state index is 0.0852. The number of ketones is 1. The number of hydrogen-bond acceptors (Lipinski definition) is 6. The van der Waals surface area contributed by atoms with E-state index in [2.05, 4.69) is 9.47 Å². The number of ether oxygens (including phenoxy) is 2. The van der Waals surface area contributed by atoms with Crippen molar-refractivity contribution in [3.63, 3.8) is 0 Å². The summed E-state index contributed by atoms with van der Waals surface area (Å²) in [5.41, 5.74) is 0. The summed E-state index contributed by atoms with van der Waals surface area (Å²) in [5.74, 6) is -3.30. The molecule has 15 heavy (non-hydrogen) atoms. The third-order valence-corrected chi connectivity index (χ3v) is 1.33. The summed E-state index contributed by atoms with van der Waals surface area (Å²) in [5, 5.41) is 9.02. The molecule has 0 saturated heterocycles. The van der Waals surface area contributed by atoms with Gasteiger partial charge in [0.1, 0.15) is 6.42 Å². The molecule has 0 aromatic rings. The van der Waals surface area contributed by atoms with Gasteiger partial charge in [-0.05, 0) is 6.92 Å². The summed E-state index contributed by atoms with van der Waals surface area (Å²) >= 11 is 0. The van der Waals surface area contributed by atoms with E-state index in [1.807, 2.05) is 0 Å². The first kappa shape index (κ1) is 13.2. The number of allylic oxidation sites excluding steroid dienone is 1. The molecule has 0 amide bonds. The smallest absolute Gasteiger partial charge is 0.373 e. The molecule has 0 atom stereocenters. The van der Waals surface area contributed by atoms with E-state index in [1.54, 1.807) is 6.92 Å². The van der Waals surface area contributed by atoms with Crippen LogP contribution in [0.2, 0.25) is 0 Å². The van der Waals surface area contributed by atoms with Crippen LogP contribution in [0.4, 0.5) is 0 Å². The Hall–Kier alpha value is -1.85. The second-order valence-corrected chi connectivity index (χ2v) is 2.47. The first-order chi connectivity index (χ1) is 7.01. The maximum Gasteiger partial charge on any atom is 0.373 e. The Bertz CT molecular complexity index is 291. The third kappa shape index (κ3) is 5.45. The van der Waals surface area contributed by atoms with Crippen LogP contribution in [0, 0.1) is 0 Å². The van der Waals surface area contributed by atoms with E-state index in [-0.39, 0.29) is 6.61 Å². The van der Waals surface area contributed by atoms with E-state index < -0.39 is 29.9 Å². The van der Waals surface area contributed by atoms with E-state index in [0.29, 0.717) is 6.08 Å². The van der Waals surface area contributed by atoms with Crippen LogP contribution in [0.1, 0.15) is 13.3 Å². The molecule has 0 fully saturated rings. The van der Waals surface area contributed by atoms with Crippen LogP contribution in [0.5, 0.6) is 0 Å². The van der Waals surface area contributed by atoms with Gasteiger partial charge in [0, 0.05) is 6.08 Å². The predicted molar refractivity (Wildman–Crippen MR) is 49.0 cm³/mol. The minimum Gasteiger partial charge on any atom is -0.502 e. The number of methoxy groups -OCH3 is 1. The van der Waals surface area contributed by atoms with Crippen molar-refractivity contribution < 1.29 is 29.0 Å². The van der Waals surface area contributed by atoms with Crippen molar-refractivity contribution in [1.29, 1.82) is 0 Å². The summed E-state index contributed by atoms with van der Waals surface area (Å²) in [6, 6.07) is 0. The fraction of sp³-hybridized carbons (Fsp3) is 0.444. The number of aliphatic hydroxyl groups excluding tert-OH is 1. The largest absolute Gasteiger partial charge is 0.502 e. The molecule has 0 spiro atoms. The first-order valence-corrected chi connectivity index (χ1v) is 4.18. The summed E-state index contributed by atoms with van der Waals surface area (Å²) in [6.07, 6.45) is 0.106. The maximum absolute atomic E-state index is 11.0. The van der Waals surface area contributed by atoms with Crippen molar-refractivity contribution in [3.8, 4) is 0 Å². The number of rotatable bonds is 5. The molecule has 0 heterocycles. The Labute approximate surface area is 86.5 Å². The summed E-state index contributed by atoms with van der Waals surface area (Å²) in [7, 11) is 1.13. The fourth-order valence-corrected chi connectivity index (χ4v) is 0.682. The average Bonchev–Trinajstić information content (AvgIpc) is 2.17. The van der Waals surface area contributed by atoms with Crippen LogP contribution < -0.4 is 0 Å². The number of carbonyl (C=O) groups is 3. The Balaban J connectivity index is 4.29. The van der Waals surface area contributed by atoms with Crippen LogP contribution in [0.15, 0.2) is 11.8 Å². The molecule has 0 aliphatic rings. The SMILES string of the molecule is CCOC(=O)/C(O)=C\C(=O)CC(=O)OC. The number of aliphatic hydroxyl groups is 1. The molecule has 0 radical (unpaired) electrons. The number of esters is 2. The van der Waals surface area contributed by atoms with E-state index in [9.17, 15) is 14.4 Å². The summed E-state index contributed by atoms with van der Waals surface area (Å²) < 4.78 is 8.63. The molecule has 0 unspecified atom stereocenters. The van der Waals surface area contributed by atoms with Gasteiger partial charge in [0.2, 0.25) is 5.76 Å². The van der Waals surface area contributed by atoms with Crippen LogP contribution in [0.25, 0.3) is 0 Å². The topological polar surface area (TPSA) is 89.9 Å². The summed E-state index contributed by atoms with van der Waals surface area (Å²) in [4.78, 5) is 32.4. The lowest BCUT2D eigenvalue weighted by molar-refractivity contribution is -0.144. The molecule has 0 aromatic carbocycles. The normalized spacial score (nSPS) is 10.7. The molecular weight excluding hydrogens is 204 g/mol. The second-order valence-electron chi connectivity index (χ2n) is 2.47. The van der Waals surface area contributed by atoms with Gasteiger partial charge < -0.3 is 14.6 Å². The lowest BCUT2D eigenvalue weighted by Crippen LogP contribution is -2.11. The maximum atomic E-state index is 11.0. The molecule has 84 valence electrons. The van der Waals surface area contributed by atoms with Gasteiger partial charge in [0.25, 0.3) is 0 Å². The predicted octanol–water partition coefficient (Wildman–Crippen LogP) is 0.124. The fourth-order valence-electron chi connectivity index (χ4n) is 0.682. The average molecular weight is 216 g/mol. The van der Waals surface area contributed by atoms with Gasteiger partial charge in [-0.1, -0.05) is 0 Å². The van der Waals surface area contributed by atoms with Crippen molar-refractivity contribution in [2.75, 3.05) is 13.7 Å². The molecule has 6 heteroatoms. The van der Waals surface area contributed by atoms with Gasteiger partial charge in [0.15, 0.2) is 5.78 Å². The lowest BCUT2D eigenvalue weighted by Gasteiger charge is -1.99. The van der Waals surface area contributed by atoms with Crippen molar-refractivity contribution in [3.05, 3.63) is 11.8 Å². The highest BCUT2D eigenvalue weighted by atomic mass is 16.5. The molecule has 0 bridgehead atoms. The van der Waals surface area contributed by atoms with E-state index in [0.717, 1.165) is 7.11 Å². The summed E-state index contributed by atoms with van der Waals surface area (Å²) in [6.45, 7) is 1.64. The number of carbonyl (C=O) groups excluding carboxylic acids is 3. The third-order valence-electron chi connectivity index (χ3n) is 1.33. The van der Waals surface area contributed by atoms with Gasteiger partial charge in [-0.3, -0.25) is 9.59 Å². The van der Waals surface area contributed by atoms with Crippen molar-refractivity contribution in [1.82, 2.24) is 0 Å². The quantitative estimate of drug-likeness (QED) is 0.304. The van der Waals surface area contributed by atoms with Crippen LogP contribution in [0.3, 0.4) is 0 Å². The van der Waals surface area contributed by atoms with Crippen molar-refractivity contribution >= 4 is 17.7 Å². The highest BCUT2D eigenvalue weighted by molar-refractivity contribution is 6.05. The zero-order chi connectivity index (χ0) is 11.8. The van der Waals surface area contributed by atoms with Crippen molar-refractivity contribution in [2.24, 2.45) is 0 Å². The molecule has 0 aliphatic carbocycles. The molecule has 1 N–H and O–H groups in total. The standard InChI is InChI=1S/C9H12O6/c1-3-15-9(13)7(11)4-6(10)5-8(12)14-2/h4,11H,3,5H2,1-2H3/b7-4+. The Morgan fingerprint density at radius 3 is 2.40 bits per heavy atom. The lowest BCUT2D eigenvalue weighted by atomic mass is 10.2. The molecule has 0 aromatic heterocycles. The first-order valence-electron chi connectivity index (χ1n) is 4.18. The molecule has 6 nitrogen and oxygen atoms in total. The minimum atomic E-state index is -1.00. The molecule has 0 saturated carbocycles. The Kier molecular flexibility index (Phi) is 5.77. The highest BCUT2D eigenvalue weighted by Gasteiger charge is 2.13. The van der Waals surface area contributed by atoms with Gasteiger partial charge in [-0.25, -0.2) is 4.79 Å². The Morgan fingerprint density at radius 1 is 1.33 bits per heavy atom. The Morgan fingerprint density at radius 2 is 1.93 bits per heavy atom.